The lowest BCUT2D eigenvalue weighted by Crippen LogP contribution is -2.42. The van der Waals surface area contributed by atoms with Gasteiger partial charge in [-0.05, 0) is 35.4 Å². The van der Waals surface area contributed by atoms with Crippen molar-refractivity contribution in [3.8, 4) is 5.75 Å². The van der Waals surface area contributed by atoms with Crippen molar-refractivity contribution in [2.24, 2.45) is 0 Å². The fraction of sp³-hybridized carbons (Fsp3) is 0.125. The molecule has 3 N–H and O–H groups in total. The summed E-state index contributed by atoms with van der Waals surface area (Å²) < 4.78 is 5.23. The van der Waals surface area contributed by atoms with Gasteiger partial charge in [0.15, 0.2) is 0 Å². The van der Waals surface area contributed by atoms with E-state index in [0.29, 0.717) is 17.9 Å². The number of hydrogen-bond acceptors (Lipinski definition) is 4. The van der Waals surface area contributed by atoms with Crippen LogP contribution < -0.4 is 15.4 Å². The van der Waals surface area contributed by atoms with Crippen LogP contribution in [0.2, 0.25) is 5.02 Å². The van der Waals surface area contributed by atoms with Gasteiger partial charge in [0, 0.05) is 13.0 Å². The zero-order chi connectivity index (χ0) is 22.9. The van der Waals surface area contributed by atoms with Gasteiger partial charge in [-0.2, -0.15) is 0 Å². The molecule has 32 heavy (non-hydrogen) atoms. The van der Waals surface area contributed by atoms with E-state index in [4.69, 9.17) is 16.3 Å². The van der Waals surface area contributed by atoms with Crippen molar-refractivity contribution >= 4 is 29.6 Å². The second-order valence-corrected chi connectivity index (χ2v) is 7.33. The Bertz CT molecular complexity index is 1090. The molecule has 7 nitrogen and oxygen atoms in total. The summed E-state index contributed by atoms with van der Waals surface area (Å²) in [6, 6.07) is 21.1. The maximum Gasteiger partial charge on any atom is 0.412 e. The lowest BCUT2D eigenvalue weighted by atomic mass is 10.1. The number of nitrogens with one attached hydrogen (secondary N) is 2. The van der Waals surface area contributed by atoms with Crippen LogP contribution in [0, 0.1) is 0 Å². The Labute approximate surface area is 190 Å². The maximum absolute atomic E-state index is 12.4. The molecule has 0 heterocycles. The Hall–Kier alpha value is -3.84. The molecule has 0 radical (unpaired) electrons. The first-order valence-electron chi connectivity index (χ1n) is 9.79. The normalized spacial score (nSPS) is 11.3. The van der Waals surface area contributed by atoms with Crippen LogP contribution in [0.5, 0.6) is 5.75 Å². The van der Waals surface area contributed by atoms with Gasteiger partial charge in [-0.25, -0.2) is 9.59 Å². The second-order valence-electron chi connectivity index (χ2n) is 6.92. The van der Waals surface area contributed by atoms with E-state index in [9.17, 15) is 19.5 Å². The van der Waals surface area contributed by atoms with Gasteiger partial charge in [0.2, 0.25) is 0 Å². The maximum atomic E-state index is 12.4. The van der Waals surface area contributed by atoms with Crippen molar-refractivity contribution in [2.45, 2.75) is 19.0 Å². The van der Waals surface area contributed by atoms with E-state index in [-0.39, 0.29) is 17.0 Å². The third-order valence-corrected chi connectivity index (χ3v) is 4.90. The number of hydrogen-bond donors (Lipinski definition) is 3. The minimum Gasteiger partial charge on any atom is -0.480 e. The Morgan fingerprint density at radius 1 is 0.875 bits per heavy atom. The number of rotatable bonds is 8. The first-order valence-corrected chi connectivity index (χ1v) is 10.2. The summed E-state index contributed by atoms with van der Waals surface area (Å²) in [5, 5.41) is 14.9. The van der Waals surface area contributed by atoms with Crippen LogP contribution >= 0.6 is 11.6 Å². The number of halogens is 1. The number of amides is 2. The molecule has 0 fully saturated rings. The van der Waals surface area contributed by atoms with Gasteiger partial charge in [0.25, 0.3) is 5.91 Å². The summed E-state index contributed by atoms with van der Waals surface area (Å²) in [4.78, 5) is 36.0. The number of aliphatic carboxylic acids is 1. The molecule has 0 unspecified atom stereocenters. The van der Waals surface area contributed by atoms with E-state index >= 15 is 0 Å². The molecular formula is C24H21ClN2O5. The van der Waals surface area contributed by atoms with Gasteiger partial charge in [0.1, 0.15) is 11.8 Å². The van der Waals surface area contributed by atoms with E-state index in [1.165, 1.54) is 6.07 Å². The number of carboxylic acid groups (broad SMARTS) is 1. The second kappa shape index (κ2) is 11.0. The van der Waals surface area contributed by atoms with Gasteiger partial charge in [-0.1, -0.05) is 66.2 Å². The Balaban J connectivity index is 1.55. The number of carbonyl (C=O) groups excluding carboxylic acids is 2. The van der Waals surface area contributed by atoms with Crippen LogP contribution in [0.4, 0.5) is 4.79 Å². The fourth-order valence-electron chi connectivity index (χ4n) is 2.92. The molecule has 2 amide bonds. The number of benzene rings is 3. The molecular weight excluding hydrogens is 432 g/mol. The molecule has 0 aliphatic carbocycles. The minimum atomic E-state index is -1.17. The lowest BCUT2D eigenvalue weighted by Gasteiger charge is -2.15. The molecule has 3 aromatic rings. The average Bonchev–Trinajstić information content (AvgIpc) is 2.79. The summed E-state index contributed by atoms with van der Waals surface area (Å²) in [5.74, 6) is -1.43. The summed E-state index contributed by atoms with van der Waals surface area (Å²) >= 11 is 6.00. The highest BCUT2D eigenvalue weighted by Crippen LogP contribution is 2.17. The highest BCUT2D eigenvalue weighted by atomic mass is 35.5. The quantitative estimate of drug-likeness (QED) is 0.478. The largest absolute Gasteiger partial charge is 0.480 e. The Morgan fingerprint density at radius 3 is 2.19 bits per heavy atom. The Kier molecular flexibility index (Phi) is 7.83. The van der Waals surface area contributed by atoms with Crippen LogP contribution in [-0.2, 0) is 17.8 Å². The summed E-state index contributed by atoms with van der Waals surface area (Å²) in [6.07, 6.45) is -0.552. The number of carboxylic acids is 1. The first-order chi connectivity index (χ1) is 15.4. The van der Waals surface area contributed by atoms with Crippen LogP contribution in [0.15, 0.2) is 78.9 Å². The predicted molar refractivity (Wildman–Crippen MR) is 120 cm³/mol. The van der Waals surface area contributed by atoms with Gasteiger partial charge in [0.05, 0.1) is 10.6 Å². The molecule has 0 saturated carbocycles. The first kappa shape index (κ1) is 22.8. The molecule has 3 rings (SSSR count). The molecule has 0 aliphatic rings. The number of carbonyl (C=O) groups is 3. The molecule has 1 atom stereocenters. The minimum absolute atomic E-state index is 0.0476. The van der Waals surface area contributed by atoms with E-state index in [1.54, 1.807) is 42.5 Å². The van der Waals surface area contributed by atoms with Crippen molar-refractivity contribution in [1.82, 2.24) is 10.6 Å². The molecule has 0 saturated heterocycles. The van der Waals surface area contributed by atoms with Crippen molar-refractivity contribution in [3.05, 3.63) is 101 Å². The monoisotopic (exact) mass is 452 g/mol. The van der Waals surface area contributed by atoms with Crippen LogP contribution in [-0.4, -0.2) is 29.1 Å². The van der Waals surface area contributed by atoms with Crippen LogP contribution in [0.1, 0.15) is 21.5 Å². The molecule has 0 aromatic heterocycles. The summed E-state index contributed by atoms with van der Waals surface area (Å²) in [6.45, 7) is 0.336. The molecule has 0 bridgehead atoms. The van der Waals surface area contributed by atoms with Gasteiger partial charge >= 0.3 is 12.1 Å². The molecule has 8 heteroatoms. The van der Waals surface area contributed by atoms with Crippen LogP contribution in [0.25, 0.3) is 0 Å². The molecule has 164 valence electrons. The Morgan fingerprint density at radius 2 is 1.53 bits per heavy atom. The van der Waals surface area contributed by atoms with Crippen molar-refractivity contribution in [1.29, 1.82) is 0 Å². The van der Waals surface area contributed by atoms with Crippen molar-refractivity contribution in [3.63, 3.8) is 0 Å². The number of ether oxygens (including phenoxy) is 1. The van der Waals surface area contributed by atoms with Gasteiger partial charge in [-0.15, -0.1) is 0 Å². The van der Waals surface area contributed by atoms with Gasteiger partial charge in [-0.3, -0.25) is 4.79 Å². The lowest BCUT2D eigenvalue weighted by molar-refractivity contribution is -0.139. The SMILES string of the molecule is O=C(NCc1ccccc1)Oc1ccc(C[C@H](NC(=O)c2ccccc2Cl)C(=O)O)cc1. The zero-order valence-corrected chi connectivity index (χ0v) is 17.7. The third-order valence-electron chi connectivity index (χ3n) is 4.58. The van der Waals surface area contributed by atoms with Crippen LogP contribution in [0.3, 0.4) is 0 Å². The highest BCUT2D eigenvalue weighted by molar-refractivity contribution is 6.33. The van der Waals surface area contributed by atoms with Crippen molar-refractivity contribution in [2.75, 3.05) is 0 Å². The predicted octanol–water partition coefficient (Wildman–Crippen LogP) is 4.05. The molecule has 3 aromatic carbocycles. The molecule has 0 spiro atoms. The third kappa shape index (κ3) is 6.58. The highest BCUT2D eigenvalue weighted by Gasteiger charge is 2.22. The smallest absolute Gasteiger partial charge is 0.412 e. The standard InChI is InChI=1S/C24H21ClN2O5/c25-20-9-5-4-8-19(20)22(28)27-21(23(29)30)14-16-10-12-18(13-11-16)32-24(31)26-15-17-6-2-1-3-7-17/h1-13,21H,14-15H2,(H,26,31)(H,27,28)(H,29,30)/t21-/m0/s1. The molecule has 0 aliphatic heterocycles. The van der Waals surface area contributed by atoms with E-state index in [0.717, 1.165) is 5.56 Å². The summed E-state index contributed by atoms with van der Waals surface area (Å²) in [5.41, 5.74) is 1.79. The van der Waals surface area contributed by atoms with Crippen molar-refractivity contribution < 1.29 is 24.2 Å². The van der Waals surface area contributed by atoms with Gasteiger partial charge < -0.3 is 20.5 Å². The average molecular weight is 453 g/mol. The summed E-state index contributed by atoms with van der Waals surface area (Å²) in [7, 11) is 0. The van der Waals surface area contributed by atoms with E-state index in [1.807, 2.05) is 30.3 Å². The fourth-order valence-corrected chi connectivity index (χ4v) is 3.15. The van der Waals surface area contributed by atoms with E-state index < -0.39 is 24.0 Å². The zero-order valence-electron chi connectivity index (χ0n) is 17.0. The topological polar surface area (TPSA) is 105 Å². The van der Waals surface area contributed by atoms with E-state index in [2.05, 4.69) is 10.6 Å².